The van der Waals surface area contributed by atoms with Crippen molar-refractivity contribution in [2.75, 3.05) is 13.7 Å². The van der Waals surface area contributed by atoms with Gasteiger partial charge < -0.3 is 10.1 Å². The number of amides is 1. The summed E-state index contributed by atoms with van der Waals surface area (Å²) in [6.07, 6.45) is 0. The molecular weight excluding hydrogens is 260 g/mol. The van der Waals surface area contributed by atoms with Gasteiger partial charge in [-0.25, -0.2) is 0 Å². The molecule has 98 valence electrons. The molecule has 1 unspecified atom stereocenters. The van der Waals surface area contributed by atoms with Crippen LogP contribution >= 0.6 is 11.6 Å². The Morgan fingerprint density at radius 1 is 1.61 bits per heavy atom. The van der Waals surface area contributed by atoms with Gasteiger partial charge in [-0.1, -0.05) is 11.6 Å². The summed E-state index contributed by atoms with van der Waals surface area (Å²) < 4.78 is 4.88. The molecule has 1 rings (SSSR count). The fraction of sp³-hybridized carbons (Fsp3) is 0.364. The number of hydrogen-bond acceptors (Lipinski definition) is 4. The molecule has 0 radical (unpaired) electrons. The second-order valence-corrected chi connectivity index (χ2v) is 4.16. The quantitative estimate of drug-likeness (QED) is 0.657. The van der Waals surface area contributed by atoms with Crippen molar-refractivity contribution in [2.45, 2.75) is 13.0 Å². The minimum absolute atomic E-state index is 0.00138. The molecule has 1 aromatic rings. The minimum atomic E-state index is -0.627. The van der Waals surface area contributed by atoms with Crippen molar-refractivity contribution in [3.8, 4) is 0 Å². The van der Waals surface area contributed by atoms with Gasteiger partial charge in [-0.3, -0.25) is 14.9 Å². The van der Waals surface area contributed by atoms with E-state index in [-0.39, 0.29) is 22.3 Å². The molecule has 6 nitrogen and oxygen atoms in total. The maximum absolute atomic E-state index is 11.8. The van der Waals surface area contributed by atoms with Crippen molar-refractivity contribution in [3.63, 3.8) is 0 Å². The van der Waals surface area contributed by atoms with E-state index in [0.29, 0.717) is 6.61 Å². The number of hydrogen-bond donors (Lipinski definition) is 1. The maximum atomic E-state index is 11.8. The highest BCUT2D eigenvalue weighted by Gasteiger charge is 2.17. The maximum Gasteiger partial charge on any atom is 0.288 e. The van der Waals surface area contributed by atoms with Crippen molar-refractivity contribution >= 4 is 23.2 Å². The van der Waals surface area contributed by atoms with Crippen LogP contribution in [0.15, 0.2) is 18.2 Å². The number of carbonyl (C=O) groups is 1. The van der Waals surface area contributed by atoms with Gasteiger partial charge in [-0.2, -0.15) is 0 Å². The van der Waals surface area contributed by atoms with Crippen LogP contribution < -0.4 is 5.32 Å². The van der Waals surface area contributed by atoms with Crippen LogP contribution in [0.4, 0.5) is 5.69 Å². The lowest BCUT2D eigenvalue weighted by atomic mass is 10.2. The number of nitrogens with one attached hydrogen (secondary N) is 1. The average molecular weight is 273 g/mol. The highest BCUT2D eigenvalue weighted by molar-refractivity contribution is 6.32. The van der Waals surface area contributed by atoms with Gasteiger partial charge in [0.1, 0.15) is 5.02 Å². The van der Waals surface area contributed by atoms with Crippen molar-refractivity contribution in [1.82, 2.24) is 5.32 Å². The van der Waals surface area contributed by atoms with Crippen LogP contribution in [0.3, 0.4) is 0 Å². The van der Waals surface area contributed by atoms with Crippen LogP contribution in [0.2, 0.25) is 5.02 Å². The molecule has 0 saturated carbocycles. The first-order valence-corrected chi connectivity index (χ1v) is 5.57. The largest absolute Gasteiger partial charge is 0.383 e. The Morgan fingerprint density at radius 3 is 2.83 bits per heavy atom. The molecule has 1 N–H and O–H groups in total. The SMILES string of the molecule is COCC(C)NC(=O)c1ccc(Cl)c([N+](=O)[O-])c1. The Kier molecular flexibility index (Phi) is 5.06. The molecule has 0 aliphatic rings. The van der Waals surface area contributed by atoms with Crippen molar-refractivity contribution in [2.24, 2.45) is 0 Å². The summed E-state index contributed by atoms with van der Waals surface area (Å²) in [4.78, 5) is 21.8. The first kappa shape index (κ1) is 14.4. The van der Waals surface area contributed by atoms with Crippen molar-refractivity contribution < 1.29 is 14.5 Å². The van der Waals surface area contributed by atoms with Crippen LogP contribution in [0.5, 0.6) is 0 Å². The normalized spacial score (nSPS) is 11.9. The number of carbonyl (C=O) groups excluding carboxylic acids is 1. The van der Waals surface area contributed by atoms with E-state index in [9.17, 15) is 14.9 Å². The smallest absolute Gasteiger partial charge is 0.288 e. The predicted molar refractivity (Wildman–Crippen MR) is 66.9 cm³/mol. The monoisotopic (exact) mass is 272 g/mol. The number of nitrogens with zero attached hydrogens (tertiary/aromatic N) is 1. The Hall–Kier alpha value is -1.66. The van der Waals surface area contributed by atoms with E-state index in [0.717, 1.165) is 6.07 Å². The fourth-order valence-electron chi connectivity index (χ4n) is 1.39. The third-order valence-electron chi connectivity index (χ3n) is 2.20. The Balaban J connectivity index is 2.87. The zero-order valence-electron chi connectivity index (χ0n) is 9.97. The number of methoxy groups -OCH3 is 1. The highest BCUT2D eigenvalue weighted by atomic mass is 35.5. The molecule has 7 heteroatoms. The molecule has 0 aliphatic heterocycles. The summed E-state index contributed by atoms with van der Waals surface area (Å²) in [6, 6.07) is 3.73. The lowest BCUT2D eigenvalue weighted by Crippen LogP contribution is -2.35. The van der Waals surface area contributed by atoms with Crippen molar-refractivity contribution in [1.29, 1.82) is 0 Å². The standard InChI is InChI=1S/C11H13ClN2O4/c1-7(6-18-2)13-11(15)8-3-4-9(12)10(5-8)14(16)17/h3-5,7H,6H2,1-2H3,(H,13,15). The number of rotatable bonds is 5. The molecule has 1 aromatic carbocycles. The molecule has 1 atom stereocenters. The molecule has 0 bridgehead atoms. The third-order valence-corrected chi connectivity index (χ3v) is 2.52. The van der Waals surface area contributed by atoms with Gasteiger partial charge in [0.25, 0.3) is 11.6 Å². The highest BCUT2D eigenvalue weighted by Crippen LogP contribution is 2.24. The Morgan fingerprint density at radius 2 is 2.28 bits per heavy atom. The number of nitro groups is 1. The average Bonchev–Trinajstić information content (AvgIpc) is 2.29. The third kappa shape index (κ3) is 3.68. The van der Waals surface area contributed by atoms with E-state index in [2.05, 4.69) is 5.32 Å². The predicted octanol–water partition coefficient (Wildman–Crippen LogP) is 2.01. The zero-order valence-corrected chi connectivity index (χ0v) is 10.7. The molecule has 18 heavy (non-hydrogen) atoms. The van der Waals surface area contributed by atoms with E-state index < -0.39 is 10.8 Å². The second-order valence-electron chi connectivity index (χ2n) is 3.75. The van der Waals surface area contributed by atoms with Gasteiger partial charge >= 0.3 is 0 Å². The molecule has 0 saturated heterocycles. The molecule has 1 amide bonds. The topological polar surface area (TPSA) is 81.5 Å². The van der Waals surface area contributed by atoms with Gasteiger partial charge in [-0.05, 0) is 19.1 Å². The number of halogens is 1. The molecule has 0 aliphatic carbocycles. The van der Waals surface area contributed by atoms with Gasteiger partial charge in [0.15, 0.2) is 0 Å². The summed E-state index contributed by atoms with van der Waals surface area (Å²) in [5.41, 5.74) is -0.0993. The van der Waals surface area contributed by atoms with E-state index in [1.807, 2.05) is 0 Å². The molecule has 0 spiro atoms. The molecular formula is C11H13ClN2O4. The number of benzene rings is 1. The van der Waals surface area contributed by atoms with E-state index in [1.165, 1.54) is 19.2 Å². The van der Waals surface area contributed by atoms with Crippen LogP contribution in [-0.2, 0) is 4.74 Å². The Bertz CT molecular complexity index is 464. The van der Waals surface area contributed by atoms with Gasteiger partial charge in [0, 0.05) is 24.8 Å². The van der Waals surface area contributed by atoms with E-state index in [4.69, 9.17) is 16.3 Å². The van der Waals surface area contributed by atoms with Gasteiger partial charge in [-0.15, -0.1) is 0 Å². The summed E-state index contributed by atoms with van der Waals surface area (Å²) >= 11 is 5.66. The summed E-state index contributed by atoms with van der Waals surface area (Å²) in [6.45, 7) is 2.13. The lowest BCUT2D eigenvalue weighted by Gasteiger charge is -2.12. The molecule has 0 aromatic heterocycles. The minimum Gasteiger partial charge on any atom is -0.383 e. The van der Waals surface area contributed by atoms with E-state index >= 15 is 0 Å². The summed E-state index contributed by atoms with van der Waals surface area (Å²) in [5, 5.41) is 13.3. The first-order chi connectivity index (χ1) is 8.45. The summed E-state index contributed by atoms with van der Waals surface area (Å²) in [5.74, 6) is -0.403. The Labute approximate surface area is 109 Å². The molecule has 0 heterocycles. The van der Waals surface area contributed by atoms with Gasteiger partial charge in [0.2, 0.25) is 0 Å². The number of ether oxygens (including phenoxy) is 1. The second kappa shape index (κ2) is 6.32. The zero-order chi connectivity index (χ0) is 13.7. The van der Waals surface area contributed by atoms with E-state index in [1.54, 1.807) is 6.92 Å². The number of nitro benzene ring substituents is 1. The fourth-order valence-corrected chi connectivity index (χ4v) is 1.58. The molecule has 0 fully saturated rings. The first-order valence-electron chi connectivity index (χ1n) is 5.19. The van der Waals surface area contributed by atoms with Crippen LogP contribution in [0.1, 0.15) is 17.3 Å². The lowest BCUT2D eigenvalue weighted by molar-refractivity contribution is -0.384. The van der Waals surface area contributed by atoms with Crippen molar-refractivity contribution in [3.05, 3.63) is 38.9 Å². The van der Waals surface area contributed by atoms with Gasteiger partial charge in [0.05, 0.1) is 11.5 Å². The summed E-state index contributed by atoms with van der Waals surface area (Å²) in [7, 11) is 1.52. The van der Waals surface area contributed by atoms with Crippen LogP contribution in [0.25, 0.3) is 0 Å². The van der Waals surface area contributed by atoms with Crippen LogP contribution in [0, 0.1) is 10.1 Å². The van der Waals surface area contributed by atoms with Crippen LogP contribution in [-0.4, -0.2) is 30.6 Å².